The summed E-state index contributed by atoms with van der Waals surface area (Å²) in [5, 5.41) is 2.51. The molecule has 2 amide bonds. The first-order chi connectivity index (χ1) is 9.76. The molecular formula is C13H18N2O5S. The van der Waals surface area contributed by atoms with E-state index < -0.39 is 21.8 Å². The van der Waals surface area contributed by atoms with E-state index in [0.29, 0.717) is 11.8 Å². The van der Waals surface area contributed by atoms with Crippen molar-refractivity contribution >= 4 is 21.8 Å². The van der Waals surface area contributed by atoms with E-state index in [0.717, 1.165) is 18.4 Å². The minimum absolute atomic E-state index is 0.0377. The molecule has 0 aromatic carbocycles. The van der Waals surface area contributed by atoms with E-state index in [-0.39, 0.29) is 18.7 Å². The molecule has 0 radical (unpaired) electrons. The van der Waals surface area contributed by atoms with Gasteiger partial charge in [-0.1, -0.05) is 6.92 Å². The molecule has 1 heterocycles. The van der Waals surface area contributed by atoms with E-state index in [9.17, 15) is 18.0 Å². The van der Waals surface area contributed by atoms with Crippen LogP contribution in [0.3, 0.4) is 0 Å². The van der Waals surface area contributed by atoms with Crippen LogP contribution < -0.4 is 10.0 Å². The second-order valence-corrected chi connectivity index (χ2v) is 7.07. The van der Waals surface area contributed by atoms with Gasteiger partial charge < -0.3 is 9.73 Å². The summed E-state index contributed by atoms with van der Waals surface area (Å²) < 4.78 is 28.9. The zero-order valence-electron chi connectivity index (χ0n) is 11.9. The van der Waals surface area contributed by atoms with Crippen molar-refractivity contribution in [3.63, 3.8) is 0 Å². The molecule has 0 saturated heterocycles. The van der Waals surface area contributed by atoms with E-state index in [1.165, 1.54) is 0 Å². The number of furan rings is 1. The highest BCUT2D eigenvalue weighted by atomic mass is 32.2. The topological polar surface area (TPSA) is 105 Å². The van der Waals surface area contributed by atoms with Gasteiger partial charge in [-0.05, 0) is 24.5 Å². The third-order valence-electron chi connectivity index (χ3n) is 3.26. The van der Waals surface area contributed by atoms with Gasteiger partial charge >= 0.3 is 0 Å². The minimum Gasteiger partial charge on any atom is -0.456 e. The molecule has 7 nitrogen and oxygen atoms in total. The van der Waals surface area contributed by atoms with Gasteiger partial charge in [-0.2, -0.15) is 0 Å². The van der Waals surface area contributed by atoms with E-state index >= 15 is 0 Å². The number of nitrogens with one attached hydrogen (secondary N) is 2. The SMILES string of the molecule is C[C@@H]1C[C@@H]1c1ccc(C(=O)NCCC(=O)NS(C)(=O)=O)o1. The van der Waals surface area contributed by atoms with E-state index in [1.807, 2.05) is 4.72 Å². The summed E-state index contributed by atoms with van der Waals surface area (Å²) in [5.41, 5.74) is 0. The van der Waals surface area contributed by atoms with Gasteiger partial charge in [-0.3, -0.25) is 14.3 Å². The molecule has 1 fully saturated rings. The summed E-state index contributed by atoms with van der Waals surface area (Å²) in [7, 11) is -3.56. The number of amides is 2. The van der Waals surface area contributed by atoms with Crippen molar-refractivity contribution in [1.82, 2.24) is 10.0 Å². The van der Waals surface area contributed by atoms with E-state index in [2.05, 4.69) is 12.2 Å². The lowest BCUT2D eigenvalue weighted by Crippen LogP contribution is -2.33. The summed E-state index contributed by atoms with van der Waals surface area (Å²) in [6, 6.07) is 3.39. The van der Waals surface area contributed by atoms with Crippen LogP contribution >= 0.6 is 0 Å². The van der Waals surface area contributed by atoms with Gasteiger partial charge in [0.25, 0.3) is 5.91 Å². The zero-order chi connectivity index (χ0) is 15.6. The van der Waals surface area contributed by atoms with Gasteiger partial charge in [0.2, 0.25) is 15.9 Å². The molecule has 0 spiro atoms. The molecule has 1 aliphatic carbocycles. The average Bonchev–Trinajstić information content (AvgIpc) is 2.89. The van der Waals surface area contributed by atoms with Crippen molar-refractivity contribution in [1.29, 1.82) is 0 Å². The maximum Gasteiger partial charge on any atom is 0.287 e. The van der Waals surface area contributed by atoms with Gasteiger partial charge in [-0.25, -0.2) is 8.42 Å². The van der Waals surface area contributed by atoms with Crippen molar-refractivity contribution in [2.24, 2.45) is 5.92 Å². The summed E-state index contributed by atoms with van der Waals surface area (Å²) >= 11 is 0. The van der Waals surface area contributed by atoms with Crippen molar-refractivity contribution < 1.29 is 22.4 Å². The Morgan fingerprint density at radius 3 is 2.62 bits per heavy atom. The Labute approximate surface area is 123 Å². The molecule has 21 heavy (non-hydrogen) atoms. The molecule has 1 aliphatic rings. The molecular weight excluding hydrogens is 296 g/mol. The molecule has 0 aliphatic heterocycles. The normalized spacial score (nSPS) is 20.9. The van der Waals surface area contributed by atoms with Crippen LogP contribution in [0.25, 0.3) is 0 Å². The molecule has 1 saturated carbocycles. The van der Waals surface area contributed by atoms with Crippen LogP contribution in [0.15, 0.2) is 16.5 Å². The second-order valence-electron chi connectivity index (χ2n) is 5.32. The smallest absolute Gasteiger partial charge is 0.287 e. The lowest BCUT2D eigenvalue weighted by Gasteiger charge is -2.04. The molecule has 2 rings (SSSR count). The molecule has 116 valence electrons. The summed E-state index contributed by atoms with van der Waals surface area (Å²) in [6.07, 6.45) is 1.85. The van der Waals surface area contributed by atoms with Gasteiger partial charge in [0.15, 0.2) is 5.76 Å². The summed E-state index contributed by atoms with van der Waals surface area (Å²) in [4.78, 5) is 23.0. The van der Waals surface area contributed by atoms with Crippen molar-refractivity contribution in [2.75, 3.05) is 12.8 Å². The monoisotopic (exact) mass is 314 g/mol. The van der Waals surface area contributed by atoms with Crippen molar-refractivity contribution in [3.05, 3.63) is 23.7 Å². The zero-order valence-corrected chi connectivity index (χ0v) is 12.7. The Hall–Kier alpha value is -1.83. The second kappa shape index (κ2) is 5.88. The van der Waals surface area contributed by atoms with Crippen molar-refractivity contribution in [2.45, 2.75) is 25.7 Å². The highest BCUT2D eigenvalue weighted by molar-refractivity contribution is 7.89. The lowest BCUT2D eigenvalue weighted by molar-refractivity contribution is -0.119. The van der Waals surface area contributed by atoms with Crippen LogP contribution in [0.4, 0.5) is 0 Å². The Kier molecular flexibility index (Phi) is 4.36. The highest BCUT2D eigenvalue weighted by Crippen LogP contribution is 2.47. The third-order valence-corrected chi connectivity index (χ3v) is 3.86. The first-order valence-electron chi connectivity index (χ1n) is 6.65. The highest BCUT2D eigenvalue weighted by Gasteiger charge is 2.36. The number of hydrogen-bond donors (Lipinski definition) is 2. The Balaban J connectivity index is 1.77. The minimum atomic E-state index is -3.56. The molecule has 1 aromatic heterocycles. The largest absolute Gasteiger partial charge is 0.456 e. The average molecular weight is 314 g/mol. The van der Waals surface area contributed by atoms with E-state index in [4.69, 9.17) is 4.42 Å². The molecule has 8 heteroatoms. The van der Waals surface area contributed by atoms with Crippen LogP contribution in [0, 0.1) is 5.92 Å². The van der Waals surface area contributed by atoms with Gasteiger partial charge in [0, 0.05) is 18.9 Å². The third kappa shape index (κ3) is 4.59. The predicted octanol–water partition coefficient (Wildman–Crippen LogP) is 0.599. The molecule has 2 atom stereocenters. The van der Waals surface area contributed by atoms with E-state index in [1.54, 1.807) is 12.1 Å². The standard InChI is InChI=1S/C13H18N2O5S/c1-8-7-9(8)10-3-4-11(20-10)13(17)14-6-5-12(16)15-21(2,18)19/h3-4,8-9H,5-7H2,1-2H3,(H,14,17)(H,15,16)/t8-,9+/m1/s1. The number of carbonyl (C=O) groups excluding carboxylic acids is 2. The quantitative estimate of drug-likeness (QED) is 0.800. The number of rotatable bonds is 6. The molecule has 0 unspecified atom stereocenters. The van der Waals surface area contributed by atoms with Crippen LogP contribution in [-0.2, 0) is 14.8 Å². The van der Waals surface area contributed by atoms with Crippen LogP contribution in [0.5, 0.6) is 0 Å². The fourth-order valence-electron chi connectivity index (χ4n) is 2.03. The predicted molar refractivity (Wildman–Crippen MR) is 75.2 cm³/mol. The fourth-order valence-corrected chi connectivity index (χ4v) is 2.54. The molecule has 2 N–H and O–H groups in total. The first kappa shape index (κ1) is 15.6. The summed E-state index contributed by atoms with van der Waals surface area (Å²) in [6.45, 7) is 2.16. The van der Waals surface area contributed by atoms with Gasteiger partial charge in [0.1, 0.15) is 5.76 Å². The maximum absolute atomic E-state index is 11.8. The van der Waals surface area contributed by atoms with Crippen LogP contribution in [0.2, 0.25) is 0 Å². The number of sulfonamides is 1. The number of carbonyl (C=O) groups is 2. The Morgan fingerprint density at radius 1 is 1.38 bits per heavy atom. The van der Waals surface area contributed by atoms with Crippen LogP contribution in [0.1, 0.15) is 42.0 Å². The lowest BCUT2D eigenvalue weighted by atomic mass is 10.3. The fraction of sp³-hybridized carbons (Fsp3) is 0.538. The molecule has 0 bridgehead atoms. The summed E-state index contributed by atoms with van der Waals surface area (Å²) in [5.74, 6) is 0.917. The van der Waals surface area contributed by atoms with Gasteiger partial charge in [-0.15, -0.1) is 0 Å². The Bertz CT molecular complexity index is 649. The van der Waals surface area contributed by atoms with Crippen LogP contribution in [-0.4, -0.2) is 33.0 Å². The van der Waals surface area contributed by atoms with Gasteiger partial charge in [0.05, 0.1) is 6.26 Å². The van der Waals surface area contributed by atoms with Crippen molar-refractivity contribution in [3.8, 4) is 0 Å². The Morgan fingerprint density at radius 2 is 2.05 bits per heavy atom. The number of hydrogen-bond acceptors (Lipinski definition) is 5. The first-order valence-corrected chi connectivity index (χ1v) is 8.54. The molecule has 1 aromatic rings. The maximum atomic E-state index is 11.8.